The van der Waals surface area contributed by atoms with Gasteiger partial charge in [0.2, 0.25) is 0 Å². The molecule has 26 heavy (non-hydrogen) atoms. The first kappa shape index (κ1) is 21.8. The van der Waals surface area contributed by atoms with Crippen LogP contribution < -0.4 is 16.7 Å². The number of carbonyl (C=O) groups is 1. The van der Waals surface area contributed by atoms with Gasteiger partial charge in [-0.05, 0) is 19.2 Å². The Labute approximate surface area is 153 Å². The number of halogens is 3. The molecule has 0 saturated heterocycles. The van der Waals surface area contributed by atoms with Crippen LogP contribution in [-0.4, -0.2) is 35.7 Å². The molecule has 0 aliphatic heterocycles. The highest BCUT2D eigenvalue weighted by atomic mass is 32.2. The van der Waals surface area contributed by atoms with Gasteiger partial charge in [0.1, 0.15) is 12.3 Å². The maximum absolute atomic E-state index is 12.8. The number of benzene rings is 1. The number of thioether (sulfide) groups is 1. The van der Waals surface area contributed by atoms with Crippen LogP contribution in [0.15, 0.2) is 41.0 Å². The predicted molar refractivity (Wildman–Crippen MR) is 96.0 cm³/mol. The second-order valence-electron chi connectivity index (χ2n) is 4.93. The number of carbonyl (C=O) groups excluding carboxylic acids is 1. The summed E-state index contributed by atoms with van der Waals surface area (Å²) in [4.78, 5) is 15.4. The summed E-state index contributed by atoms with van der Waals surface area (Å²) in [6.07, 6.45) is -2.19. The van der Waals surface area contributed by atoms with Gasteiger partial charge >= 0.3 is 12.2 Å². The number of amides is 2. The first-order valence-corrected chi connectivity index (χ1v) is 8.48. The van der Waals surface area contributed by atoms with Crippen molar-refractivity contribution in [1.82, 2.24) is 5.01 Å². The quantitative estimate of drug-likeness (QED) is 0.270. The molecule has 4 N–H and O–H groups in total. The minimum absolute atomic E-state index is 0.139. The van der Waals surface area contributed by atoms with Crippen molar-refractivity contribution in [2.75, 3.05) is 18.3 Å². The van der Waals surface area contributed by atoms with Crippen molar-refractivity contribution in [2.45, 2.75) is 19.7 Å². The zero-order chi connectivity index (χ0) is 19.9. The molecule has 1 aromatic carbocycles. The van der Waals surface area contributed by atoms with Crippen LogP contribution in [-0.2, 0) is 11.3 Å². The van der Waals surface area contributed by atoms with Crippen molar-refractivity contribution >= 4 is 28.7 Å². The van der Waals surface area contributed by atoms with E-state index >= 15 is 0 Å². The van der Waals surface area contributed by atoms with Crippen molar-refractivity contribution in [3.05, 3.63) is 41.6 Å². The molecule has 144 valence electrons. The molecule has 0 aliphatic carbocycles. The second-order valence-corrected chi connectivity index (χ2v) is 5.69. The van der Waals surface area contributed by atoms with Gasteiger partial charge in [-0.25, -0.2) is 26.5 Å². The summed E-state index contributed by atoms with van der Waals surface area (Å²) in [6, 6.07) is 5.83. The highest BCUT2D eigenvalue weighted by molar-refractivity contribution is 8.12. The highest BCUT2D eigenvalue weighted by Gasteiger charge is 2.33. The molecule has 1 rings (SSSR count). The number of nitrogens with zero attached hydrogens (tertiary/aromatic N) is 3. The molecule has 1 aromatic rings. The zero-order valence-electron chi connectivity index (χ0n) is 14.4. The number of rotatable bonds is 4. The fourth-order valence-electron chi connectivity index (χ4n) is 1.81. The van der Waals surface area contributed by atoms with E-state index in [1.807, 2.05) is 0 Å². The van der Waals surface area contributed by atoms with Crippen molar-refractivity contribution in [1.29, 1.82) is 0 Å². The largest absolute Gasteiger partial charge is 0.468 e. The van der Waals surface area contributed by atoms with E-state index in [1.165, 1.54) is 20.2 Å². The van der Waals surface area contributed by atoms with E-state index in [0.717, 1.165) is 27.9 Å². The van der Waals surface area contributed by atoms with Crippen molar-refractivity contribution in [2.24, 2.45) is 16.7 Å². The molecular formula is C15H20F3N5O2S. The minimum atomic E-state index is -4.58. The lowest BCUT2D eigenvalue weighted by molar-refractivity contribution is -0.0926. The summed E-state index contributed by atoms with van der Waals surface area (Å²) < 4.78 is 43.8. The third-order valence-corrected chi connectivity index (χ3v) is 3.62. The monoisotopic (exact) mass is 391 g/mol. The number of alkyl halides is 3. The van der Waals surface area contributed by atoms with Crippen LogP contribution in [0.5, 0.6) is 0 Å². The van der Waals surface area contributed by atoms with Gasteiger partial charge < -0.3 is 4.74 Å². The number of anilines is 1. The molecule has 0 unspecified atom stereocenters. The minimum Gasteiger partial charge on any atom is -0.468 e. The standard InChI is InChI=1S/C15H20F3N5O2S/c1-4-12(15(16,17)18)21-13(26-3)25-9-10-7-5-6-8-11(10)23(20)14(24)22(2)19/h4-8H,9,19-20H2,1-3H3/b12-4-,21-13?. The lowest BCUT2D eigenvalue weighted by atomic mass is 10.2. The number of aliphatic imine (C=N–C) groups is 1. The number of nitrogens with two attached hydrogens (primary N) is 2. The van der Waals surface area contributed by atoms with E-state index in [1.54, 1.807) is 24.3 Å². The first-order chi connectivity index (χ1) is 12.1. The molecule has 2 amide bonds. The molecule has 0 radical (unpaired) electrons. The van der Waals surface area contributed by atoms with Gasteiger partial charge in [0.25, 0.3) is 5.23 Å². The molecule has 0 bridgehead atoms. The molecule has 0 aliphatic rings. The number of hydrazine groups is 2. The number of allylic oxidation sites excluding steroid dienone is 2. The van der Waals surface area contributed by atoms with Crippen molar-refractivity contribution in [3.63, 3.8) is 0 Å². The number of hydrogen-bond acceptors (Lipinski definition) is 6. The lowest BCUT2D eigenvalue weighted by Gasteiger charge is -2.23. The van der Waals surface area contributed by atoms with E-state index in [-0.39, 0.29) is 11.8 Å². The van der Waals surface area contributed by atoms with Crippen LogP contribution in [0.25, 0.3) is 0 Å². The Morgan fingerprint density at radius 1 is 1.35 bits per heavy atom. The van der Waals surface area contributed by atoms with Crippen LogP contribution in [0.3, 0.4) is 0 Å². The number of ether oxygens (including phenoxy) is 1. The highest BCUT2D eigenvalue weighted by Crippen LogP contribution is 2.28. The van der Waals surface area contributed by atoms with E-state index < -0.39 is 17.9 Å². The molecule has 0 saturated carbocycles. The maximum atomic E-state index is 12.8. The predicted octanol–water partition coefficient (Wildman–Crippen LogP) is 2.99. The Balaban J connectivity index is 3.01. The van der Waals surface area contributed by atoms with Crippen LogP contribution >= 0.6 is 11.8 Å². The summed E-state index contributed by atoms with van der Waals surface area (Å²) in [5.41, 5.74) is -0.283. The Morgan fingerprint density at radius 3 is 2.46 bits per heavy atom. The Bertz CT molecular complexity index is 692. The first-order valence-electron chi connectivity index (χ1n) is 7.25. The van der Waals surface area contributed by atoms with Gasteiger partial charge in [0, 0.05) is 12.6 Å². The van der Waals surface area contributed by atoms with E-state index in [0.29, 0.717) is 11.3 Å². The Kier molecular flexibility index (Phi) is 7.93. The molecule has 11 heteroatoms. The summed E-state index contributed by atoms with van der Waals surface area (Å²) in [7, 11) is 1.33. The zero-order valence-corrected chi connectivity index (χ0v) is 15.3. The molecule has 0 heterocycles. The Hall–Kier alpha value is -2.24. The fourth-order valence-corrected chi connectivity index (χ4v) is 2.17. The van der Waals surface area contributed by atoms with Crippen LogP contribution in [0.2, 0.25) is 0 Å². The number of urea groups is 1. The fraction of sp³-hybridized carbons (Fsp3) is 0.333. The van der Waals surface area contributed by atoms with E-state index in [2.05, 4.69) is 4.99 Å². The lowest BCUT2D eigenvalue weighted by Crippen LogP contribution is -2.48. The van der Waals surface area contributed by atoms with Crippen LogP contribution in [0.1, 0.15) is 12.5 Å². The van der Waals surface area contributed by atoms with Gasteiger partial charge in [-0.1, -0.05) is 36.0 Å². The molecule has 0 atom stereocenters. The van der Waals surface area contributed by atoms with Gasteiger partial charge in [-0.15, -0.1) is 0 Å². The van der Waals surface area contributed by atoms with Gasteiger partial charge in [-0.2, -0.15) is 13.2 Å². The number of para-hydroxylation sites is 1. The summed E-state index contributed by atoms with van der Waals surface area (Å²) in [5, 5.41) is 1.45. The third-order valence-electron chi connectivity index (χ3n) is 3.06. The summed E-state index contributed by atoms with van der Waals surface area (Å²) >= 11 is 0.921. The number of hydrogen-bond donors (Lipinski definition) is 2. The summed E-state index contributed by atoms with van der Waals surface area (Å²) in [5.74, 6) is 11.1. The molecule has 0 aromatic heterocycles. The summed E-state index contributed by atoms with van der Waals surface area (Å²) in [6.45, 7) is 1.10. The van der Waals surface area contributed by atoms with Crippen LogP contribution in [0, 0.1) is 0 Å². The third kappa shape index (κ3) is 5.93. The molecule has 0 spiro atoms. The van der Waals surface area contributed by atoms with Crippen molar-refractivity contribution < 1.29 is 22.7 Å². The maximum Gasteiger partial charge on any atom is 0.433 e. The average molecular weight is 391 g/mol. The smallest absolute Gasteiger partial charge is 0.433 e. The van der Waals surface area contributed by atoms with Gasteiger partial charge in [0.15, 0.2) is 0 Å². The topological polar surface area (TPSA) is 97.2 Å². The van der Waals surface area contributed by atoms with Gasteiger partial charge in [0.05, 0.1) is 5.69 Å². The van der Waals surface area contributed by atoms with Crippen LogP contribution in [0.4, 0.5) is 23.7 Å². The normalized spacial score (nSPS) is 12.8. The van der Waals surface area contributed by atoms with E-state index in [4.69, 9.17) is 16.4 Å². The Morgan fingerprint density at radius 2 is 1.96 bits per heavy atom. The second kappa shape index (κ2) is 9.46. The van der Waals surface area contributed by atoms with Crippen molar-refractivity contribution in [3.8, 4) is 0 Å². The van der Waals surface area contributed by atoms with Gasteiger partial charge in [-0.3, -0.25) is 5.01 Å². The molecular weight excluding hydrogens is 371 g/mol. The molecule has 7 nitrogen and oxygen atoms in total. The SMILES string of the molecule is C/C=C(\N=C(OCc1ccccc1N(N)C(=O)N(C)N)SC)C(F)(F)F. The molecule has 0 fully saturated rings. The average Bonchev–Trinajstić information content (AvgIpc) is 2.59. The van der Waals surface area contributed by atoms with E-state index in [9.17, 15) is 18.0 Å².